The fraction of sp³-hybridized carbons (Fsp3) is 0.0175. The van der Waals surface area contributed by atoms with Gasteiger partial charge in [-0.15, -0.1) is 143 Å². The van der Waals surface area contributed by atoms with Gasteiger partial charge in [-0.3, -0.25) is 0 Å². The Morgan fingerprint density at radius 3 is 1.67 bits per heavy atom. The molecule has 0 spiro atoms. The van der Waals surface area contributed by atoms with Crippen LogP contribution in [-0.2, 0) is 40.2 Å². The summed E-state index contributed by atoms with van der Waals surface area (Å²) in [7, 11) is 0. The van der Waals surface area contributed by atoms with Gasteiger partial charge in [-0.2, -0.15) is 0 Å². The molecule has 0 saturated carbocycles. The first-order chi connectivity index (χ1) is 38.4. The van der Waals surface area contributed by atoms with Gasteiger partial charge in [0.05, 0.1) is 16.4 Å². The Bertz CT molecular complexity index is 3810. The zero-order chi connectivity index (χ0) is 59.1. The molecule has 4 nitrogen and oxygen atoms in total. The fourth-order valence-corrected chi connectivity index (χ4v) is 5.14. The molecule has 0 saturated heterocycles. The molecule has 10 aromatic rings. The summed E-state index contributed by atoms with van der Waals surface area (Å²) in [6, 6.07) is 37.2. The predicted molar refractivity (Wildman–Crippen MR) is 250 cm³/mol. The Balaban J connectivity index is 0.000000209. The van der Waals surface area contributed by atoms with Gasteiger partial charge in [-0.1, -0.05) is 109 Å². The van der Waals surface area contributed by atoms with E-state index in [-0.39, 0.29) is 57.0 Å². The maximum Gasteiger partial charge on any atom is 0.0836 e. The maximum absolute atomic E-state index is 8.28. The van der Waals surface area contributed by atoms with Crippen LogP contribution in [0.1, 0.15) is 33.1 Å². The molecular weight excluding hydrogens is 1130 g/mol. The maximum atomic E-state index is 8.28. The summed E-state index contributed by atoms with van der Waals surface area (Å²) in [4.78, 5) is 16.4. The minimum Gasteiger partial charge on any atom is -0.305 e. The summed E-state index contributed by atoms with van der Waals surface area (Å²) in [5.74, 6) is 0. The van der Waals surface area contributed by atoms with Crippen LogP contribution in [0, 0.1) is 31.2 Å². The van der Waals surface area contributed by atoms with Crippen molar-refractivity contribution in [2.24, 2.45) is 0 Å². The van der Waals surface area contributed by atoms with Crippen molar-refractivity contribution < 1.29 is 67.6 Å². The molecular formula is C57H42Ir2N4-4. The normalized spacial score (nSPS) is 14.2. The topological polar surface area (TPSA) is 51.6 Å². The molecule has 10 rings (SSSR count). The number of hydrogen-bond donors (Lipinski definition) is 0. The van der Waals surface area contributed by atoms with Crippen molar-refractivity contribution in [3.8, 4) is 67.3 Å². The van der Waals surface area contributed by atoms with Gasteiger partial charge in [0, 0.05) is 69.9 Å². The van der Waals surface area contributed by atoms with E-state index >= 15 is 0 Å². The molecule has 0 atom stereocenters. The number of pyridine rings is 4. The molecule has 0 amide bonds. The molecule has 4 heterocycles. The Morgan fingerprint density at radius 1 is 0.397 bits per heavy atom. The molecule has 0 fully saturated rings. The molecule has 4 aromatic heterocycles. The summed E-state index contributed by atoms with van der Waals surface area (Å²) in [5, 5.41) is 0. The third kappa shape index (κ3) is 14.7. The summed E-state index contributed by atoms with van der Waals surface area (Å²) in [5.41, 5.74) is 5.36. The summed E-state index contributed by atoms with van der Waals surface area (Å²) in [6.07, 6.45) is 0.707. The predicted octanol–water partition coefficient (Wildman–Crippen LogP) is 13.8. The number of aryl methyl sites for hydroxylation is 1. The van der Waals surface area contributed by atoms with Crippen molar-refractivity contribution >= 4 is 0 Å². The smallest absolute Gasteiger partial charge is 0.0836 e. The first-order valence-electron chi connectivity index (χ1n) is 28.3. The SMILES string of the molecule is Cc1cccc(-c2[c-]cccc2)n1.[2H]c1[c-]c(-c2nc([2H])c(-c3c([2H])c([2H])c([2H])c([2H])c3[2H])c([2H])c2[2H])c([2H])c([2H])c1[2H].[2H]c1[c-]c(-c2nc([2H])c([2H])c([2H])c2[2H])c([2H])c([2H])c1[2H].[Ir].[Ir].[c-]1ccccc1-c1ccc(-c2ccccc2)cn1. The average Bonchev–Trinajstić information content (AvgIpc) is 3.68. The van der Waals surface area contributed by atoms with Crippen LogP contribution in [0.15, 0.2) is 237 Å². The Kier molecular flexibility index (Phi) is 10.9. The van der Waals surface area contributed by atoms with Gasteiger partial charge >= 0.3 is 0 Å². The van der Waals surface area contributed by atoms with Crippen molar-refractivity contribution in [3.63, 3.8) is 0 Å². The Labute approximate surface area is 426 Å². The van der Waals surface area contributed by atoms with Crippen LogP contribution in [0.3, 0.4) is 0 Å². The van der Waals surface area contributed by atoms with E-state index in [4.69, 9.17) is 27.4 Å². The second kappa shape index (κ2) is 25.9. The minimum absolute atomic E-state index is 0. The van der Waals surface area contributed by atoms with Gasteiger partial charge in [-0.05, 0) is 69.5 Å². The van der Waals surface area contributed by atoms with E-state index in [0.717, 1.165) is 33.8 Å². The van der Waals surface area contributed by atoms with Crippen LogP contribution in [0.2, 0.25) is 0 Å². The number of benzene rings is 6. The summed E-state index contributed by atoms with van der Waals surface area (Å²) in [6.45, 7) is 1.99. The monoisotopic (exact) mass is 1190 g/mol. The van der Waals surface area contributed by atoms with E-state index in [1.807, 2.05) is 104 Å². The van der Waals surface area contributed by atoms with Crippen LogP contribution in [0.4, 0.5) is 0 Å². The molecule has 6 heteroatoms. The molecule has 6 aromatic carbocycles. The largest absolute Gasteiger partial charge is 0.305 e. The second-order valence-corrected chi connectivity index (χ2v) is 12.2. The molecule has 0 aliphatic carbocycles. The van der Waals surface area contributed by atoms with E-state index in [2.05, 4.69) is 62.4 Å². The van der Waals surface area contributed by atoms with Gasteiger partial charge in [0.1, 0.15) is 0 Å². The number of hydrogen-bond acceptors (Lipinski definition) is 4. The third-order valence-electron chi connectivity index (χ3n) is 8.00. The van der Waals surface area contributed by atoms with Gasteiger partial charge in [0.25, 0.3) is 0 Å². The summed E-state index contributed by atoms with van der Waals surface area (Å²) < 4.78 is 155. The van der Waals surface area contributed by atoms with Crippen molar-refractivity contribution in [2.45, 2.75) is 6.92 Å². The molecule has 0 unspecified atom stereocenters. The Morgan fingerprint density at radius 2 is 1.03 bits per heavy atom. The molecule has 0 bridgehead atoms. The minimum atomic E-state index is -0.676. The van der Waals surface area contributed by atoms with Gasteiger partial charge in [0.2, 0.25) is 0 Å². The van der Waals surface area contributed by atoms with Gasteiger partial charge < -0.3 is 19.9 Å². The molecule has 0 aliphatic heterocycles. The zero-order valence-electron chi connectivity index (χ0n) is 52.9. The quantitative estimate of drug-likeness (QED) is 0.156. The summed E-state index contributed by atoms with van der Waals surface area (Å²) >= 11 is 0. The van der Waals surface area contributed by atoms with Crippen LogP contribution < -0.4 is 0 Å². The number of rotatable bonds is 6. The molecule has 0 aliphatic rings. The molecule has 2 radical (unpaired) electrons. The molecule has 63 heavy (non-hydrogen) atoms. The first-order valence-corrected chi connectivity index (χ1v) is 18.3. The van der Waals surface area contributed by atoms with Gasteiger partial charge in [-0.25, -0.2) is 0 Å². The fourth-order valence-electron chi connectivity index (χ4n) is 5.14. The molecule has 0 N–H and O–H groups in total. The van der Waals surface area contributed by atoms with Crippen molar-refractivity contribution in [2.75, 3.05) is 0 Å². The van der Waals surface area contributed by atoms with Gasteiger partial charge in [0.15, 0.2) is 0 Å². The molecule has 312 valence electrons. The Hall–Kier alpha value is -6.78. The van der Waals surface area contributed by atoms with E-state index < -0.39 is 138 Å². The third-order valence-corrected chi connectivity index (χ3v) is 8.00. The number of nitrogens with zero attached hydrogens (tertiary/aromatic N) is 4. The number of aromatic nitrogens is 4. The first kappa shape index (κ1) is 26.6. The van der Waals surface area contributed by atoms with Crippen LogP contribution in [0.25, 0.3) is 67.3 Å². The van der Waals surface area contributed by atoms with Crippen LogP contribution >= 0.6 is 0 Å². The van der Waals surface area contributed by atoms with Crippen molar-refractivity contribution in [3.05, 3.63) is 266 Å². The van der Waals surface area contributed by atoms with E-state index in [9.17, 15) is 0 Å². The van der Waals surface area contributed by atoms with Crippen LogP contribution in [-0.4, -0.2) is 19.9 Å². The zero-order valence-corrected chi connectivity index (χ0v) is 37.7. The van der Waals surface area contributed by atoms with E-state index in [1.54, 1.807) is 0 Å². The van der Waals surface area contributed by atoms with Crippen molar-refractivity contribution in [1.82, 2.24) is 19.9 Å². The second-order valence-electron chi connectivity index (χ2n) is 12.2. The van der Waals surface area contributed by atoms with Crippen molar-refractivity contribution in [1.29, 1.82) is 0 Å². The van der Waals surface area contributed by atoms with Crippen LogP contribution in [0.5, 0.6) is 0 Å². The van der Waals surface area contributed by atoms with E-state index in [1.165, 1.54) is 5.56 Å². The standard InChI is InChI=1S/2C17H12N.C12H10N.C11H8N.2Ir/c2*1-3-7-14(8-4-1)16-11-12-17(18-13-16)15-9-5-2-6-10-15;1-10-6-5-9-12(13-10)11-7-3-2-4-8-11;1-2-6-10(7-3-1)11-8-4-5-9-12-11;;/h2*1-9,11-13H;2-7,9H,1H3;1-6,8-9H;;/q4*-1;;/i1D,2D,3D,4D,5D,6D,7D,8D,9D,11D,12D,13D;;;1D,2D,3D,4D,5D,6D,8D,9D;;. The van der Waals surface area contributed by atoms with E-state index in [0.29, 0.717) is 0 Å². The average molecular weight is 1190 g/mol.